The van der Waals surface area contributed by atoms with Gasteiger partial charge in [0.1, 0.15) is 4.32 Å². The lowest BCUT2D eigenvalue weighted by Crippen LogP contribution is -2.27. The lowest BCUT2D eigenvalue weighted by atomic mass is 9.90. The Bertz CT molecular complexity index is 1440. The van der Waals surface area contributed by atoms with Crippen LogP contribution >= 0.6 is 58.0 Å². The Labute approximate surface area is 301 Å². The third-order valence-electron chi connectivity index (χ3n) is 9.36. The standard InChI is InChI=1S/C39H55NOS5/c1-7-12-14-16-18-20-28(9-3)31-24-27(6)43-36(31)33-22-23-34(45-33)37-32(29(10-4)21-19-17-15-13-8-2)25-30(44-37)26-35-38(41)40(11-5)39(42)46-35/h22-26,28-29H,7-21H2,1-6H3. The maximum atomic E-state index is 13.1. The monoisotopic (exact) mass is 713 g/mol. The Balaban J connectivity index is 1.65. The maximum absolute atomic E-state index is 13.1. The second-order valence-corrected chi connectivity index (χ2v) is 17.9. The van der Waals surface area contributed by atoms with Crippen molar-refractivity contribution < 1.29 is 4.79 Å². The van der Waals surface area contributed by atoms with Crippen LogP contribution in [0.4, 0.5) is 0 Å². The summed E-state index contributed by atoms with van der Waals surface area (Å²) in [4.78, 5) is 23.8. The molecular formula is C39H55NOS5. The molecule has 1 saturated heterocycles. The lowest BCUT2D eigenvalue weighted by Gasteiger charge is -2.16. The van der Waals surface area contributed by atoms with E-state index in [9.17, 15) is 4.79 Å². The predicted molar refractivity (Wildman–Crippen MR) is 214 cm³/mol. The Morgan fingerprint density at radius 1 is 0.739 bits per heavy atom. The fraction of sp³-hybridized carbons (Fsp3) is 0.590. The van der Waals surface area contributed by atoms with Crippen LogP contribution in [0.5, 0.6) is 0 Å². The van der Waals surface area contributed by atoms with Gasteiger partial charge in [-0.1, -0.05) is 116 Å². The number of hydrogen-bond donors (Lipinski definition) is 0. The molecule has 2 atom stereocenters. The van der Waals surface area contributed by atoms with Gasteiger partial charge >= 0.3 is 0 Å². The molecule has 3 aromatic heterocycles. The Morgan fingerprint density at radius 2 is 1.28 bits per heavy atom. The van der Waals surface area contributed by atoms with E-state index in [1.54, 1.807) is 10.5 Å². The molecule has 2 unspecified atom stereocenters. The van der Waals surface area contributed by atoms with Crippen molar-refractivity contribution in [3.05, 3.63) is 50.1 Å². The van der Waals surface area contributed by atoms with Crippen molar-refractivity contribution in [2.75, 3.05) is 6.54 Å². The SMILES string of the molecule is CCCCCCCC(CC)c1cc(C)sc1-c1ccc(-c2sc(C=C3SC(=S)N(CC)C3=O)cc2C(CC)CCCCCCC)s1. The molecule has 7 heteroatoms. The van der Waals surface area contributed by atoms with Crippen LogP contribution in [0.3, 0.4) is 0 Å². The number of likely N-dealkylation sites (N-methyl/N-ethyl adjacent to an activating group) is 1. The number of thiophene rings is 3. The number of thiocarbonyl (C=S) groups is 1. The van der Waals surface area contributed by atoms with Crippen molar-refractivity contribution in [2.24, 2.45) is 0 Å². The quantitative estimate of drug-likeness (QED) is 0.0660. The summed E-state index contributed by atoms with van der Waals surface area (Å²) in [6, 6.07) is 9.62. The third-order valence-corrected chi connectivity index (χ3v) is 14.3. The van der Waals surface area contributed by atoms with Crippen LogP contribution in [0.2, 0.25) is 0 Å². The highest BCUT2D eigenvalue weighted by Gasteiger charge is 2.31. The van der Waals surface area contributed by atoms with Crippen LogP contribution in [-0.2, 0) is 4.79 Å². The zero-order valence-corrected chi connectivity index (χ0v) is 33.1. The van der Waals surface area contributed by atoms with Crippen LogP contribution in [0, 0.1) is 6.92 Å². The first kappa shape index (κ1) is 37.6. The van der Waals surface area contributed by atoms with Crippen LogP contribution in [0.1, 0.15) is 157 Å². The fourth-order valence-electron chi connectivity index (χ4n) is 6.65. The second-order valence-electron chi connectivity index (χ2n) is 12.8. The number of rotatable bonds is 20. The molecule has 4 heterocycles. The Morgan fingerprint density at radius 3 is 1.80 bits per heavy atom. The zero-order chi connectivity index (χ0) is 33.1. The molecule has 4 rings (SSSR count). The Hall–Kier alpha value is -1.25. The highest BCUT2D eigenvalue weighted by atomic mass is 32.2. The Kier molecular flexibility index (Phi) is 15.6. The van der Waals surface area contributed by atoms with Gasteiger partial charge in [0.2, 0.25) is 0 Å². The molecule has 0 bridgehead atoms. The topological polar surface area (TPSA) is 20.3 Å². The molecule has 1 fully saturated rings. The van der Waals surface area contributed by atoms with Gasteiger partial charge in [-0.3, -0.25) is 9.69 Å². The summed E-state index contributed by atoms with van der Waals surface area (Å²) in [7, 11) is 0. The summed E-state index contributed by atoms with van der Waals surface area (Å²) < 4.78 is 0.672. The smallest absolute Gasteiger partial charge is 0.266 e. The largest absolute Gasteiger partial charge is 0.293 e. The molecule has 252 valence electrons. The maximum Gasteiger partial charge on any atom is 0.266 e. The van der Waals surface area contributed by atoms with E-state index in [1.165, 1.54) is 130 Å². The molecular weight excluding hydrogens is 659 g/mol. The summed E-state index contributed by atoms with van der Waals surface area (Å²) in [6.45, 7) is 14.2. The van der Waals surface area contributed by atoms with E-state index >= 15 is 0 Å². The highest BCUT2D eigenvalue weighted by Crippen LogP contribution is 2.48. The number of amides is 1. The van der Waals surface area contributed by atoms with Crippen molar-refractivity contribution in [3.63, 3.8) is 0 Å². The first-order chi connectivity index (χ1) is 22.3. The number of thioether (sulfide) groups is 1. The summed E-state index contributed by atoms with van der Waals surface area (Å²) in [6.07, 6.45) is 20.2. The minimum Gasteiger partial charge on any atom is -0.293 e. The van der Waals surface area contributed by atoms with E-state index in [0.29, 0.717) is 22.7 Å². The average molecular weight is 714 g/mol. The number of carbonyl (C=O) groups is 1. The van der Waals surface area contributed by atoms with Crippen LogP contribution in [0.15, 0.2) is 29.2 Å². The van der Waals surface area contributed by atoms with Crippen LogP contribution in [0.25, 0.3) is 25.6 Å². The molecule has 2 nitrogen and oxygen atoms in total. The van der Waals surface area contributed by atoms with E-state index < -0.39 is 0 Å². The van der Waals surface area contributed by atoms with Crippen molar-refractivity contribution >= 4 is 74.3 Å². The first-order valence-corrected chi connectivity index (χ1v) is 21.6. The molecule has 0 spiro atoms. The van der Waals surface area contributed by atoms with E-state index in [0.717, 1.165) is 11.3 Å². The lowest BCUT2D eigenvalue weighted by molar-refractivity contribution is -0.121. The molecule has 0 saturated carbocycles. The minimum atomic E-state index is 0.0480. The van der Waals surface area contributed by atoms with Gasteiger partial charge in [0.25, 0.3) is 5.91 Å². The molecule has 0 aromatic carbocycles. The van der Waals surface area contributed by atoms with Gasteiger partial charge in [-0.05, 0) is 92.8 Å². The third kappa shape index (κ3) is 9.68. The molecule has 1 aliphatic heterocycles. The average Bonchev–Trinajstić information content (AvgIpc) is 3.83. The van der Waals surface area contributed by atoms with Crippen molar-refractivity contribution in [3.8, 4) is 19.5 Å². The molecule has 1 aliphatic rings. The van der Waals surface area contributed by atoms with Crippen molar-refractivity contribution in [2.45, 2.75) is 143 Å². The predicted octanol–water partition coefficient (Wildman–Crippen LogP) is 14.4. The van der Waals surface area contributed by atoms with Crippen molar-refractivity contribution in [1.82, 2.24) is 4.90 Å². The zero-order valence-electron chi connectivity index (χ0n) is 29.0. The molecule has 0 N–H and O–H groups in total. The number of aryl methyl sites for hydroxylation is 1. The van der Waals surface area contributed by atoms with Gasteiger partial charge in [-0.25, -0.2) is 0 Å². The minimum absolute atomic E-state index is 0.0480. The van der Waals surface area contributed by atoms with E-state index in [-0.39, 0.29) is 5.91 Å². The van der Waals surface area contributed by atoms with Gasteiger partial charge in [-0.15, -0.1) is 34.0 Å². The summed E-state index contributed by atoms with van der Waals surface area (Å²) in [5.41, 5.74) is 3.03. The summed E-state index contributed by atoms with van der Waals surface area (Å²) in [5.74, 6) is 1.21. The van der Waals surface area contributed by atoms with Gasteiger partial charge in [0.05, 0.1) is 4.91 Å². The molecule has 46 heavy (non-hydrogen) atoms. The molecule has 1 amide bonds. The van der Waals surface area contributed by atoms with E-state index in [1.807, 2.05) is 40.9 Å². The normalized spacial score (nSPS) is 15.9. The first-order valence-electron chi connectivity index (χ1n) is 17.9. The van der Waals surface area contributed by atoms with E-state index in [4.69, 9.17) is 12.2 Å². The van der Waals surface area contributed by atoms with Crippen LogP contribution < -0.4 is 0 Å². The number of unbranched alkanes of at least 4 members (excludes halogenated alkanes) is 8. The number of nitrogens with zero attached hydrogens (tertiary/aromatic N) is 1. The van der Waals surface area contributed by atoms with Gasteiger partial charge in [-0.2, -0.15) is 0 Å². The molecule has 0 aliphatic carbocycles. The summed E-state index contributed by atoms with van der Waals surface area (Å²) in [5, 5.41) is 0. The van der Waals surface area contributed by atoms with Gasteiger partial charge in [0, 0.05) is 35.8 Å². The fourth-order valence-corrected chi connectivity index (χ4v) is 11.7. The number of hydrogen-bond acceptors (Lipinski definition) is 6. The number of carbonyl (C=O) groups excluding carboxylic acids is 1. The van der Waals surface area contributed by atoms with Crippen molar-refractivity contribution in [1.29, 1.82) is 0 Å². The highest BCUT2D eigenvalue weighted by molar-refractivity contribution is 8.26. The van der Waals surface area contributed by atoms with Gasteiger partial charge in [0.15, 0.2) is 0 Å². The van der Waals surface area contributed by atoms with Gasteiger partial charge < -0.3 is 0 Å². The second kappa shape index (κ2) is 19.1. The van der Waals surface area contributed by atoms with Crippen LogP contribution in [-0.4, -0.2) is 21.7 Å². The molecule has 3 aromatic rings. The van der Waals surface area contributed by atoms with E-state index in [2.05, 4.69) is 65.0 Å². The summed E-state index contributed by atoms with van der Waals surface area (Å²) >= 11 is 12.8. The molecule has 0 radical (unpaired) electrons.